The first-order valence-electron chi connectivity index (χ1n) is 33.5. The van der Waals surface area contributed by atoms with Crippen LogP contribution in [0.3, 0.4) is 0 Å². The third-order valence-corrected chi connectivity index (χ3v) is 19.8. The lowest BCUT2D eigenvalue weighted by Crippen LogP contribution is -1.95. The summed E-state index contributed by atoms with van der Waals surface area (Å²) in [6.07, 6.45) is 0. The molecule has 0 amide bonds. The van der Waals surface area contributed by atoms with Crippen molar-refractivity contribution in [1.29, 1.82) is 0 Å². The van der Waals surface area contributed by atoms with E-state index in [1.807, 2.05) is 0 Å². The fourth-order valence-corrected chi connectivity index (χ4v) is 15.4. The van der Waals surface area contributed by atoms with E-state index in [4.69, 9.17) is 0 Å². The summed E-state index contributed by atoms with van der Waals surface area (Å²) in [4.78, 5) is 0. The second kappa shape index (κ2) is 24.1. The second-order valence-electron chi connectivity index (χ2n) is 25.5. The first kappa shape index (κ1) is 57.1. The van der Waals surface area contributed by atoms with E-state index in [9.17, 15) is 0 Å². The molecular weight excluding hydrogens is 1170 g/mol. The maximum Gasteiger partial charge on any atom is 0.0541 e. The predicted octanol–water partition coefficient (Wildman–Crippen LogP) is 26.2. The standard InChI is InChI=1S/C50H33N.C45H31N/c1-4-14-34(15-5-1)38-26-30-47-45(32-38)46-33-39(35-16-6-2-7-17-35)27-31-48(46)51(47)40-28-24-37(25-29-40)50-43-22-12-10-20-41(43)49(36-18-8-3-9-19-36)42-21-11-13-23-44(42)50;1-30-20-26-39-41(28-30)45(32-14-6-3-7-15-32)38-18-9-8-17-37(38)44(39)33-21-24-35(25-22-33)46-42-19-11-10-16-36(42)40-29-34(23-27-43(40)46)31-12-4-2-5-13-31/h1-33H;2-29H,1H3. The monoisotopic (exact) mass is 1230 g/mol. The number of benzene rings is 17. The Morgan fingerprint density at radius 2 is 0.402 bits per heavy atom. The number of aromatic nitrogens is 2. The largest absolute Gasteiger partial charge is 0.309 e. The van der Waals surface area contributed by atoms with Gasteiger partial charge in [-0.15, -0.1) is 0 Å². The van der Waals surface area contributed by atoms with Gasteiger partial charge in [-0.05, 0) is 195 Å². The van der Waals surface area contributed by atoms with Crippen LogP contribution in [0, 0.1) is 6.92 Å². The highest BCUT2D eigenvalue weighted by molar-refractivity contribution is 6.23. The summed E-state index contributed by atoms with van der Waals surface area (Å²) < 4.78 is 4.83. The van der Waals surface area contributed by atoms with Crippen LogP contribution in [0.5, 0.6) is 0 Å². The van der Waals surface area contributed by atoms with E-state index in [1.54, 1.807) is 0 Å². The summed E-state index contributed by atoms with van der Waals surface area (Å²) >= 11 is 0. The molecule has 0 fully saturated rings. The van der Waals surface area contributed by atoms with Gasteiger partial charge < -0.3 is 9.13 Å². The molecule has 0 aliphatic heterocycles. The minimum atomic E-state index is 1.15. The second-order valence-corrected chi connectivity index (χ2v) is 25.5. The van der Waals surface area contributed by atoms with E-state index in [2.05, 4.69) is 386 Å². The fraction of sp³-hybridized carbons (Fsp3) is 0.0105. The van der Waals surface area contributed by atoms with Crippen molar-refractivity contribution >= 4 is 86.7 Å². The summed E-state index contributed by atoms with van der Waals surface area (Å²) in [6, 6.07) is 135. The molecule has 0 saturated heterocycles. The van der Waals surface area contributed by atoms with Gasteiger partial charge in [0.1, 0.15) is 0 Å². The van der Waals surface area contributed by atoms with E-state index in [1.165, 1.54) is 170 Å². The van der Waals surface area contributed by atoms with Crippen molar-refractivity contribution in [3.63, 3.8) is 0 Å². The fourth-order valence-electron chi connectivity index (χ4n) is 15.4. The molecule has 0 spiro atoms. The Hall–Kier alpha value is -12.6. The van der Waals surface area contributed by atoms with Gasteiger partial charge >= 0.3 is 0 Å². The number of hydrogen-bond acceptors (Lipinski definition) is 0. The molecule has 2 aromatic heterocycles. The Kier molecular flexibility index (Phi) is 14.2. The maximum atomic E-state index is 2.42. The normalized spacial score (nSPS) is 11.6. The van der Waals surface area contributed by atoms with Crippen LogP contribution in [0.25, 0.3) is 176 Å². The van der Waals surface area contributed by atoms with Crippen LogP contribution >= 0.6 is 0 Å². The van der Waals surface area contributed by atoms with Crippen LogP contribution in [0.2, 0.25) is 0 Å². The topological polar surface area (TPSA) is 9.86 Å². The lowest BCUT2D eigenvalue weighted by atomic mass is 9.85. The minimum Gasteiger partial charge on any atom is -0.309 e. The van der Waals surface area contributed by atoms with Gasteiger partial charge in [-0.3, -0.25) is 0 Å². The smallest absolute Gasteiger partial charge is 0.0541 e. The lowest BCUT2D eigenvalue weighted by Gasteiger charge is -2.18. The molecule has 19 aromatic rings. The minimum absolute atomic E-state index is 1.15. The first-order chi connectivity index (χ1) is 48.1. The molecule has 0 saturated carbocycles. The van der Waals surface area contributed by atoms with E-state index in [-0.39, 0.29) is 0 Å². The summed E-state index contributed by atoms with van der Waals surface area (Å²) in [5.41, 5.74) is 25.8. The van der Waals surface area contributed by atoms with Crippen LogP contribution < -0.4 is 0 Å². The summed E-state index contributed by atoms with van der Waals surface area (Å²) in [5, 5.41) is 15.2. The van der Waals surface area contributed by atoms with E-state index in [0.29, 0.717) is 0 Å². The van der Waals surface area contributed by atoms with Crippen molar-refractivity contribution < 1.29 is 0 Å². The van der Waals surface area contributed by atoms with E-state index >= 15 is 0 Å². The zero-order valence-corrected chi connectivity index (χ0v) is 53.6. The van der Waals surface area contributed by atoms with Crippen molar-refractivity contribution in [3.05, 3.63) is 376 Å². The van der Waals surface area contributed by atoms with Crippen LogP contribution in [-0.4, -0.2) is 9.13 Å². The average molecular weight is 1230 g/mol. The van der Waals surface area contributed by atoms with E-state index < -0.39 is 0 Å². The zero-order valence-electron chi connectivity index (χ0n) is 53.6. The van der Waals surface area contributed by atoms with Crippen LogP contribution in [0.15, 0.2) is 370 Å². The average Bonchev–Trinajstić information content (AvgIpc) is 1.43. The third kappa shape index (κ3) is 9.97. The number of fused-ring (bicyclic) bond motifs is 10. The molecule has 2 nitrogen and oxygen atoms in total. The van der Waals surface area contributed by atoms with Gasteiger partial charge in [0.25, 0.3) is 0 Å². The van der Waals surface area contributed by atoms with Crippen molar-refractivity contribution in [2.75, 3.05) is 0 Å². The van der Waals surface area contributed by atoms with Crippen molar-refractivity contribution in [1.82, 2.24) is 9.13 Å². The van der Waals surface area contributed by atoms with Crippen LogP contribution in [0.1, 0.15) is 5.56 Å². The number of hydrogen-bond donors (Lipinski definition) is 0. The van der Waals surface area contributed by atoms with Crippen LogP contribution in [0.4, 0.5) is 0 Å². The van der Waals surface area contributed by atoms with Gasteiger partial charge in [0.15, 0.2) is 0 Å². The Bertz CT molecular complexity index is 6030. The first-order valence-corrected chi connectivity index (χ1v) is 33.5. The van der Waals surface area contributed by atoms with Gasteiger partial charge in [-0.2, -0.15) is 0 Å². The zero-order chi connectivity index (χ0) is 64.3. The van der Waals surface area contributed by atoms with Crippen molar-refractivity contribution in [3.8, 4) is 89.3 Å². The Labute approximate surface area is 564 Å². The molecule has 0 aliphatic carbocycles. The molecule has 19 rings (SSSR count). The maximum absolute atomic E-state index is 2.42. The molecule has 97 heavy (non-hydrogen) atoms. The molecular formula is C95H64N2. The van der Waals surface area contributed by atoms with Gasteiger partial charge in [0, 0.05) is 32.9 Å². The van der Waals surface area contributed by atoms with Gasteiger partial charge in [0.2, 0.25) is 0 Å². The van der Waals surface area contributed by atoms with Gasteiger partial charge in [0.05, 0.1) is 22.1 Å². The van der Waals surface area contributed by atoms with Crippen molar-refractivity contribution in [2.45, 2.75) is 6.92 Å². The summed E-state index contributed by atoms with van der Waals surface area (Å²) in [7, 11) is 0. The number of nitrogens with zero attached hydrogens (tertiary/aromatic N) is 2. The molecule has 454 valence electrons. The number of aryl methyl sites for hydroxylation is 1. The molecule has 17 aromatic carbocycles. The third-order valence-electron chi connectivity index (χ3n) is 19.8. The highest BCUT2D eigenvalue weighted by atomic mass is 15.0. The van der Waals surface area contributed by atoms with Gasteiger partial charge in [-0.1, -0.05) is 309 Å². The van der Waals surface area contributed by atoms with E-state index in [0.717, 1.165) is 11.4 Å². The quantitative estimate of drug-likeness (QED) is 0.128. The molecule has 2 heterocycles. The Morgan fingerprint density at radius 3 is 0.753 bits per heavy atom. The molecule has 0 radical (unpaired) electrons. The number of para-hydroxylation sites is 1. The Balaban J connectivity index is 0.000000142. The lowest BCUT2D eigenvalue weighted by molar-refractivity contribution is 1.18. The highest BCUT2D eigenvalue weighted by Crippen LogP contribution is 2.47. The molecule has 0 atom stereocenters. The molecule has 0 aliphatic rings. The van der Waals surface area contributed by atoms with Gasteiger partial charge in [-0.25, -0.2) is 0 Å². The SMILES string of the molecule is Cc1ccc2c(-c3ccc(-n4c5ccccc5c5cc(-c6ccccc6)ccc54)cc3)c3ccccc3c(-c3ccccc3)c2c1.c1ccc(-c2ccc3c(c2)c2cc(-c4ccccc4)ccc2n3-c2ccc(-c3c4ccccc4c(-c4ccccc4)c4ccccc34)cc2)cc1. The summed E-state index contributed by atoms with van der Waals surface area (Å²) in [6.45, 7) is 2.19. The molecule has 0 unspecified atom stereocenters. The predicted molar refractivity (Wildman–Crippen MR) is 414 cm³/mol. The van der Waals surface area contributed by atoms with Crippen LogP contribution in [-0.2, 0) is 0 Å². The number of rotatable bonds is 9. The van der Waals surface area contributed by atoms with Crippen molar-refractivity contribution in [2.24, 2.45) is 0 Å². The highest BCUT2D eigenvalue weighted by Gasteiger charge is 2.22. The molecule has 2 heteroatoms. The Morgan fingerprint density at radius 1 is 0.155 bits per heavy atom. The molecule has 0 N–H and O–H groups in total. The molecule has 0 bridgehead atoms. The summed E-state index contributed by atoms with van der Waals surface area (Å²) in [5.74, 6) is 0.